The predicted octanol–water partition coefficient (Wildman–Crippen LogP) is 2.43. The molecule has 0 saturated carbocycles. The molecule has 0 spiro atoms. The standard InChI is InChI=1S/C12H12O2/c1-10(9-13)7-8-12(14)11-5-3-2-4-6-11/h2-6H,7-8H2,1H3. The first-order valence-corrected chi connectivity index (χ1v) is 4.53. The largest absolute Gasteiger partial charge is 0.294 e. The molecular formula is C12H12O2. The van der Waals surface area contributed by atoms with E-state index in [1.165, 1.54) is 0 Å². The zero-order valence-corrected chi connectivity index (χ0v) is 8.12. The molecule has 0 atom stereocenters. The fraction of sp³-hybridized carbons (Fsp3) is 0.250. The van der Waals surface area contributed by atoms with Gasteiger partial charge in [-0.15, -0.1) is 0 Å². The van der Waals surface area contributed by atoms with Gasteiger partial charge in [-0.3, -0.25) is 4.79 Å². The lowest BCUT2D eigenvalue weighted by atomic mass is 10.0. The molecule has 0 aliphatic rings. The van der Waals surface area contributed by atoms with E-state index in [0.717, 1.165) is 0 Å². The number of hydrogen-bond acceptors (Lipinski definition) is 2. The lowest BCUT2D eigenvalue weighted by Crippen LogP contribution is -1.98. The summed E-state index contributed by atoms with van der Waals surface area (Å²) in [4.78, 5) is 21.7. The summed E-state index contributed by atoms with van der Waals surface area (Å²) in [6.45, 7) is 1.69. The van der Waals surface area contributed by atoms with Gasteiger partial charge in [0.05, 0.1) is 0 Å². The number of carbonyl (C=O) groups excluding carboxylic acids is 2. The van der Waals surface area contributed by atoms with Crippen molar-refractivity contribution in [1.82, 2.24) is 0 Å². The van der Waals surface area contributed by atoms with E-state index in [9.17, 15) is 9.59 Å². The van der Waals surface area contributed by atoms with Crippen LogP contribution in [-0.2, 0) is 4.79 Å². The van der Waals surface area contributed by atoms with Gasteiger partial charge in [-0.2, -0.15) is 0 Å². The van der Waals surface area contributed by atoms with E-state index < -0.39 is 0 Å². The van der Waals surface area contributed by atoms with Crippen molar-refractivity contribution < 1.29 is 9.59 Å². The Labute approximate surface area is 83.3 Å². The summed E-state index contributed by atoms with van der Waals surface area (Å²) in [6.07, 6.45) is 0.877. The third kappa shape index (κ3) is 3.00. The molecule has 2 heteroatoms. The minimum atomic E-state index is 0.0696. The average Bonchev–Trinajstić information content (AvgIpc) is 2.26. The molecule has 1 aromatic carbocycles. The maximum Gasteiger partial charge on any atom is 0.163 e. The van der Waals surface area contributed by atoms with Crippen molar-refractivity contribution in [3.63, 3.8) is 0 Å². The summed E-state index contributed by atoms with van der Waals surface area (Å²) in [6, 6.07) is 9.09. The molecule has 1 aromatic rings. The summed E-state index contributed by atoms with van der Waals surface area (Å²) < 4.78 is 0. The number of carbonyl (C=O) groups is 1. The van der Waals surface area contributed by atoms with Crippen molar-refractivity contribution in [2.75, 3.05) is 0 Å². The molecule has 72 valence electrons. The topological polar surface area (TPSA) is 34.1 Å². The second kappa shape index (κ2) is 5.15. The normalized spacial score (nSPS) is 9.21. The lowest BCUT2D eigenvalue weighted by Gasteiger charge is -1.98. The van der Waals surface area contributed by atoms with E-state index >= 15 is 0 Å². The van der Waals surface area contributed by atoms with Crippen molar-refractivity contribution in [3.8, 4) is 0 Å². The monoisotopic (exact) mass is 188 g/mol. The first-order valence-electron chi connectivity index (χ1n) is 4.53. The van der Waals surface area contributed by atoms with Crippen molar-refractivity contribution in [1.29, 1.82) is 0 Å². The average molecular weight is 188 g/mol. The van der Waals surface area contributed by atoms with E-state index in [-0.39, 0.29) is 5.78 Å². The Morgan fingerprint density at radius 1 is 1.21 bits per heavy atom. The molecule has 0 N–H and O–H groups in total. The minimum absolute atomic E-state index is 0.0696. The van der Waals surface area contributed by atoms with Crippen molar-refractivity contribution in [2.45, 2.75) is 19.8 Å². The fourth-order valence-corrected chi connectivity index (χ4v) is 1.12. The highest BCUT2D eigenvalue weighted by Crippen LogP contribution is 2.07. The van der Waals surface area contributed by atoms with Crippen LogP contribution in [0.4, 0.5) is 0 Å². The van der Waals surface area contributed by atoms with Crippen LogP contribution < -0.4 is 0 Å². The van der Waals surface area contributed by atoms with Crippen LogP contribution in [0.1, 0.15) is 30.1 Å². The van der Waals surface area contributed by atoms with Gasteiger partial charge < -0.3 is 0 Å². The van der Waals surface area contributed by atoms with Crippen LogP contribution in [0, 0.1) is 0 Å². The Morgan fingerprint density at radius 3 is 2.43 bits per heavy atom. The van der Waals surface area contributed by atoms with Crippen LogP contribution in [-0.4, -0.2) is 11.7 Å². The third-order valence-electron chi connectivity index (χ3n) is 2.00. The van der Waals surface area contributed by atoms with Gasteiger partial charge in [0.1, 0.15) is 5.94 Å². The zero-order valence-electron chi connectivity index (χ0n) is 8.12. The second-order valence-electron chi connectivity index (χ2n) is 3.17. The molecule has 0 amide bonds. The van der Waals surface area contributed by atoms with Crippen molar-refractivity contribution >= 4 is 11.7 Å². The van der Waals surface area contributed by atoms with Gasteiger partial charge in [-0.05, 0) is 13.3 Å². The van der Waals surface area contributed by atoms with E-state index in [0.29, 0.717) is 24.0 Å². The predicted molar refractivity (Wildman–Crippen MR) is 54.9 cm³/mol. The number of benzene rings is 1. The SMILES string of the molecule is CC(=C=O)CCC(=O)c1ccccc1. The summed E-state index contributed by atoms with van der Waals surface area (Å²) in [7, 11) is 0. The minimum Gasteiger partial charge on any atom is -0.294 e. The van der Waals surface area contributed by atoms with Gasteiger partial charge in [0.2, 0.25) is 0 Å². The number of rotatable bonds is 4. The van der Waals surface area contributed by atoms with Gasteiger partial charge in [-0.25, -0.2) is 4.79 Å². The lowest BCUT2D eigenvalue weighted by molar-refractivity contribution is 0.0983. The molecule has 0 fully saturated rings. The highest BCUT2D eigenvalue weighted by Gasteiger charge is 2.04. The molecule has 0 unspecified atom stereocenters. The van der Waals surface area contributed by atoms with E-state index in [1.54, 1.807) is 25.0 Å². The number of allylic oxidation sites excluding steroid dienone is 1. The Hall–Kier alpha value is -1.66. The quantitative estimate of drug-likeness (QED) is 0.537. The Bertz CT molecular complexity index is 359. The first-order chi connectivity index (χ1) is 6.74. The molecule has 14 heavy (non-hydrogen) atoms. The fourth-order valence-electron chi connectivity index (χ4n) is 1.12. The van der Waals surface area contributed by atoms with Crippen LogP contribution in [0.3, 0.4) is 0 Å². The highest BCUT2D eigenvalue weighted by molar-refractivity contribution is 5.96. The summed E-state index contributed by atoms with van der Waals surface area (Å²) in [5, 5.41) is 0. The summed E-state index contributed by atoms with van der Waals surface area (Å²) in [5.74, 6) is 1.86. The molecule has 1 rings (SSSR count). The zero-order chi connectivity index (χ0) is 10.4. The Balaban J connectivity index is 2.56. The number of ketones is 1. The molecule has 0 aromatic heterocycles. The van der Waals surface area contributed by atoms with E-state index in [2.05, 4.69) is 0 Å². The molecule has 2 nitrogen and oxygen atoms in total. The van der Waals surface area contributed by atoms with Gasteiger partial charge >= 0.3 is 0 Å². The van der Waals surface area contributed by atoms with Crippen LogP contribution in [0.25, 0.3) is 0 Å². The molecular weight excluding hydrogens is 176 g/mol. The molecule has 0 bridgehead atoms. The van der Waals surface area contributed by atoms with Gasteiger partial charge in [0.25, 0.3) is 0 Å². The molecule has 0 aliphatic heterocycles. The van der Waals surface area contributed by atoms with Gasteiger partial charge in [0, 0.05) is 17.6 Å². The highest BCUT2D eigenvalue weighted by atomic mass is 16.1. The second-order valence-corrected chi connectivity index (χ2v) is 3.17. The van der Waals surface area contributed by atoms with Gasteiger partial charge in [-0.1, -0.05) is 30.3 Å². The Kier molecular flexibility index (Phi) is 3.84. The third-order valence-corrected chi connectivity index (χ3v) is 2.00. The van der Waals surface area contributed by atoms with E-state index in [1.807, 2.05) is 18.2 Å². The van der Waals surface area contributed by atoms with Crippen LogP contribution in [0.2, 0.25) is 0 Å². The van der Waals surface area contributed by atoms with Crippen molar-refractivity contribution in [3.05, 3.63) is 41.5 Å². The number of hydrogen-bond donors (Lipinski definition) is 0. The van der Waals surface area contributed by atoms with Crippen LogP contribution >= 0.6 is 0 Å². The number of Topliss-reactive ketones (excluding diaryl/α,β-unsaturated/α-hetero) is 1. The smallest absolute Gasteiger partial charge is 0.163 e. The summed E-state index contributed by atoms with van der Waals surface area (Å²) >= 11 is 0. The summed E-state index contributed by atoms with van der Waals surface area (Å²) in [5.41, 5.74) is 1.29. The molecule has 0 aliphatic carbocycles. The van der Waals surface area contributed by atoms with Crippen LogP contribution in [0.15, 0.2) is 35.9 Å². The maximum atomic E-state index is 11.5. The Morgan fingerprint density at radius 2 is 1.86 bits per heavy atom. The maximum absolute atomic E-state index is 11.5. The van der Waals surface area contributed by atoms with E-state index in [4.69, 9.17) is 0 Å². The van der Waals surface area contributed by atoms with Gasteiger partial charge in [0.15, 0.2) is 5.78 Å². The molecule has 0 radical (unpaired) electrons. The van der Waals surface area contributed by atoms with Crippen LogP contribution in [0.5, 0.6) is 0 Å². The molecule has 0 saturated heterocycles. The van der Waals surface area contributed by atoms with Crippen molar-refractivity contribution in [2.24, 2.45) is 0 Å². The first kappa shape index (κ1) is 10.4. The molecule has 0 heterocycles.